The minimum Gasteiger partial charge on any atom is -0.266 e. The second-order valence-electron chi connectivity index (χ2n) is 3.44. The maximum absolute atomic E-state index is 10.8. The SMILES string of the molecule is O=C1C=C(C2CCCCC2)N=N1. The van der Waals surface area contributed by atoms with Crippen LogP contribution in [-0.2, 0) is 4.79 Å². The predicted molar refractivity (Wildman–Crippen MR) is 44.5 cm³/mol. The number of allylic oxidation sites excluding steroid dienone is 1. The summed E-state index contributed by atoms with van der Waals surface area (Å²) in [6.07, 6.45) is 7.80. The highest BCUT2D eigenvalue weighted by Gasteiger charge is 2.21. The molecular weight excluding hydrogens is 152 g/mol. The quantitative estimate of drug-likeness (QED) is 0.586. The Balaban J connectivity index is 2.04. The molecule has 1 heterocycles. The first-order valence-electron chi connectivity index (χ1n) is 4.53. The molecule has 0 saturated heterocycles. The van der Waals surface area contributed by atoms with Crippen molar-refractivity contribution in [3.63, 3.8) is 0 Å². The van der Waals surface area contributed by atoms with E-state index in [0.717, 1.165) is 5.70 Å². The van der Waals surface area contributed by atoms with Crippen molar-refractivity contribution in [2.75, 3.05) is 0 Å². The Kier molecular flexibility index (Phi) is 2.02. The van der Waals surface area contributed by atoms with Crippen LogP contribution in [0.5, 0.6) is 0 Å². The van der Waals surface area contributed by atoms with Gasteiger partial charge in [0, 0.05) is 12.0 Å². The smallest absolute Gasteiger partial charge is 0.266 e. The fourth-order valence-electron chi connectivity index (χ4n) is 1.89. The van der Waals surface area contributed by atoms with E-state index >= 15 is 0 Å². The Morgan fingerprint density at radius 1 is 1.17 bits per heavy atom. The highest BCUT2D eigenvalue weighted by atomic mass is 16.1. The normalized spacial score (nSPS) is 24.7. The zero-order valence-electron chi connectivity index (χ0n) is 6.99. The average Bonchev–Trinajstić information content (AvgIpc) is 2.54. The van der Waals surface area contributed by atoms with Gasteiger partial charge in [0.15, 0.2) is 0 Å². The largest absolute Gasteiger partial charge is 0.290 e. The van der Waals surface area contributed by atoms with Gasteiger partial charge in [-0.25, -0.2) is 0 Å². The molecule has 1 saturated carbocycles. The summed E-state index contributed by atoms with van der Waals surface area (Å²) in [6.45, 7) is 0. The molecule has 0 atom stereocenters. The number of hydrogen-bond donors (Lipinski definition) is 0. The third-order valence-corrected chi connectivity index (χ3v) is 2.56. The third-order valence-electron chi connectivity index (χ3n) is 2.56. The van der Waals surface area contributed by atoms with Gasteiger partial charge < -0.3 is 0 Å². The van der Waals surface area contributed by atoms with Crippen molar-refractivity contribution in [1.82, 2.24) is 0 Å². The highest BCUT2D eigenvalue weighted by molar-refractivity contribution is 5.90. The number of rotatable bonds is 1. The first-order valence-corrected chi connectivity index (χ1v) is 4.53. The summed E-state index contributed by atoms with van der Waals surface area (Å²) in [5.41, 5.74) is 0.916. The predicted octanol–water partition coefficient (Wildman–Crippen LogP) is 2.44. The molecule has 2 rings (SSSR count). The molecule has 1 amide bonds. The molecule has 0 aromatic rings. The summed E-state index contributed by atoms with van der Waals surface area (Å²) in [6, 6.07) is 0. The summed E-state index contributed by atoms with van der Waals surface area (Å²) in [5.74, 6) is 0.324. The van der Waals surface area contributed by atoms with Crippen molar-refractivity contribution in [1.29, 1.82) is 0 Å². The molecule has 0 N–H and O–H groups in total. The van der Waals surface area contributed by atoms with Crippen molar-refractivity contribution >= 4 is 5.91 Å². The van der Waals surface area contributed by atoms with Crippen LogP contribution in [0.15, 0.2) is 22.0 Å². The second-order valence-corrected chi connectivity index (χ2v) is 3.44. The summed E-state index contributed by atoms with van der Waals surface area (Å²) in [5, 5.41) is 7.36. The topological polar surface area (TPSA) is 41.8 Å². The fraction of sp³-hybridized carbons (Fsp3) is 0.667. The van der Waals surface area contributed by atoms with Gasteiger partial charge in [-0.2, -0.15) is 5.11 Å². The number of nitrogens with zero attached hydrogens (tertiary/aromatic N) is 2. The van der Waals surface area contributed by atoms with E-state index in [1.807, 2.05) is 0 Å². The number of carbonyl (C=O) groups excluding carboxylic acids is 1. The second kappa shape index (κ2) is 3.17. The summed E-state index contributed by atoms with van der Waals surface area (Å²) >= 11 is 0. The standard InChI is InChI=1S/C9H12N2O/c12-9-6-8(10-11-9)7-4-2-1-3-5-7/h6-7H,1-5H2. The van der Waals surface area contributed by atoms with Crippen LogP contribution in [0.1, 0.15) is 32.1 Å². The van der Waals surface area contributed by atoms with Crippen LogP contribution in [0.3, 0.4) is 0 Å². The van der Waals surface area contributed by atoms with E-state index in [2.05, 4.69) is 10.2 Å². The van der Waals surface area contributed by atoms with E-state index in [4.69, 9.17) is 0 Å². The maximum atomic E-state index is 10.8. The Morgan fingerprint density at radius 2 is 1.92 bits per heavy atom. The van der Waals surface area contributed by atoms with Crippen LogP contribution in [0, 0.1) is 5.92 Å². The van der Waals surface area contributed by atoms with Crippen molar-refractivity contribution in [3.8, 4) is 0 Å². The Hall–Kier alpha value is -0.990. The van der Waals surface area contributed by atoms with Gasteiger partial charge in [0.2, 0.25) is 0 Å². The van der Waals surface area contributed by atoms with Gasteiger partial charge in [-0.05, 0) is 12.8 Å². The van der Waals surface area contributed by atoms with Crippen LogP contribution >= 0.6 is 0 Å². The van der Waals surface area contributed by atoms with E-state index in [-0.39, 0.29) is 5.91 Å². The molecule has 0 unspecified atom stereocenters. The van der Waals surface area contributed by atoms with Crippen molar-refractivity contribution in [2.24, 2.45) is 16.1 Å². The molecule has 0 bridgehead atoms. The van der Waals surface area contributed by atoms with Crippen molar-refractivity contribution in [2.45, 2.75) is 32.1 Å². The molecule has 64 valence electrons. The van der Waals surface area contributed by atoms with Crippen molar-refractivity contribution in [3.05, 3.63) is 11.8 Å². The first kappa shape index (κ1) is 7.65. The molecule has 0 aromatic heterocycles. The van der Waals surface area contributed by atoms with Gasteiger partial charge in [0.05, 0.1) is 5.70 Å². The third kappa shape index (κ3) is 1.44. The van der Waals surface area contributed by atoms with Gasteiger partial charge in [0.25, 0.3) is 5.91 Å². The number of amides is 1. The summed E-state index contributed by atoms with van der Waals surface area (Å²) in [7, 11) is 0. The lowest BCUT2D eigenvalue weighted by atomic mass is 9.87. The lowest BCUT2D eigenvalue weighted by Gasteiger charge is -2.19. The summed E-state index contributed by atoms with van der Waals surface area (Å²) in [4.78, 5) is 10.8. The summed E-state index contributed by atoms with van der Waals surface area (Å²) < 4.78 is 0. The van der Waals surface area contributed by atoms with E-state index in [1.165, 1.54) is 32.1 Å². The van der Waals surface area contributed by atoms with Gasteiger partial charge in [0.1, 0.15) is 0 Å². The molecule has 2 aliphatic rings. The molecule has 1 fully saturated rings. The first-order chi connectivity index (χ1) is 5.86. The lowest BCUT2D eigenvalue weighted by molar-refractivity contribution is -0.113. The van der Waals surface area contributed by atoms with Crippen LogP contribution in [0.25, 0.3) is 0 Å². The molecule has 1 aliphatic heterocycles. The number of hydrogen-bond acceptors (Lipinski definition) is 2. The monoisotopic (exact) mass is 164 g/mol. The van der Waals surface area contributed by atoms with Crippen molar-refractivity contribution < 1.29 is 4.79 Å². The molecular formula is C9H12N2O. The lowest BCUT2D eigenvalue weighted by Crippen LogP contribution is -2.07. The van der Waals surface area contributed by atoms with E-state index < -0.39 is 0 Å². The fourth-order valence-corrected chi connectivity index (χ4v) is 1.89. The molecule has 0 spiro atoms. The Morgan fingerprint density at radius 3 is 2.50 bits per heavy atom. The molecule has 3 nitrogen and oxygen atoms in total. The number of azo groups is 1. The average molecular weight is 164 g/mol. The van der Waals surface area contributed by atoms with Crippen LogP contribution in [-0.4, -0.2) is 5.91 Å². The van der Waals surface area contributed by atoms with E-state index in [0.29, 0.717) is 5.92 Å². The zero-order valence-corrected chi connectivity index (χ0v) is 6.99. The molecule has 0 aromatic carbocycles. The zero-order chi connectivity index (χ0) is 8.39. The van der Waals surface area contributed by atoms with Gasteiger partial charge in [-0.1, -0.05) is 19.3 Å². The number of carbonyl (C=O) groups is 1. The Labute approximate surface area is 71.6 Å². The van der Waals surface area contributed by atoms with Gasteiger partial charge >= 0.3 is 0 Å². The molecule has 12 heavy (non-hydrogen) atoms. The van der Waals surface area contributed by atoms with Gasteiger partial charge in [-0.3, -0.25) is 4.79 Å². The van der Waals surface area contributed by atoms with Crippen LogP contribution in [0.4, 0.5) is 0 Å². The van der Waals surface area contributed by atoms with Crippen LogP contribution in [0.2, 0.25) is 0 Å². The van der Waals surface area contributed by atoms with Crippen LogP contribution < -0.4 is 0 Å². The maximum Gasteiger partial charge on any atom is 0.290 e. The van der Waals surface area contributed by atoms with Gasteiger partial charge in [-0.15, -0.1) is 5.11 Å². The molecule has 1 aliphatic carbocycles. The molecule has 0 radical (unpaired) electrons. The Bertz CT molecular complexity index is 249. The minimum atomic E-state index is -0.185. The minimum absolute atomic E-state index is 0.185. The highest BCUT2D eigenvalue weighted by Crippen LogP contribution is 2.31. The molecule has 3 heteroatoms. The van der Waals surface area contributed by atoms with E-state index in [1.54, 1.807) is 6.08 Å². The van der Waals surface area contributed by atoms with E-state index in [9.17, 15) is 4.79 Å².